The van der Waals surface area contributed by atoms with Gasteiger partial charge in [0.05, 0.1) is 0 Å². The van der Waals surface area contributed by atoms with Crippen molar-refractivity contribution in [2.75, 3.05) is 13.1 Å². The molecule has 2 rings (SSSR count). The summed E-state index contributed by atoms with van der Waals surface area (Å²) in [6, 6.07) is 0.758. The first kappa shape index (κ1) is 16.8. The van der Waals surface area contributed by atoms with Gasteiger partial charge in [0.25, 0.3) is 0 Å². The Balaban J connectivity index is 1.84. The van der Waals surface area contributed by atoms with E-state index in [9.17, 15) is 9.90 Å². The molecule has 0 aromatic carbocycles. The van der Waals surface area contributed by atoms with E-state index in [-0.39, 0.29) is 0 Å². The molecule has 0 bridgehead atoms. The molecule has 0 radical (unpaired) electrons. The quantitative estimate of drug-likeness (QED) is 0.723. The molecule has 2 aliphatic rings. The first-order valence-corrected chi connectivity index (χ1v) is 8.69. The number of carbonyl (C=O) groups is 1. The van der Waals surface area contributed by atoms with Crippen molar-refractivity contribution in [2.45, 2.75) is 83.3 Å². The third-order valence-corrected chi connectivity index (χ3v) is 5.25. The van der Waals surface area contributed by atoms with Crippen molar-refractivity contribution < 1.29 is 9.90 Å². The maximum atomic E-state index is 11.7. The number of hydrogen-bond acceptors (Lipinski definition) is 3. The first-order chi connectivity index (χ1) is 9.94. The van der Waals surface area contributed by atoms with E-state index < -0.39 is 11.5 Å². The maximum absolute atomic E-state index is 11.7. The van der Waals surface area contributed by atoms with Gasteiger partial charge in [0, 0.05) is 12.1 Å². The number of carboxylic acids is 1. The van der Waals surface area contributed by atoms with E-state index in [1.165, 1.54) is 25.7 Å². The highest BCUT2D eigenvalue weighted by molar-refractivity contribution is 5.78. The number of nitrogens with one attached hydrogen (secondary N) is 1. The van der Waals surface area contributed by atoms with Crippen LogP contribution in [0.15, 0.2) is 0 Å². The van der Waals surface area contributed by atoms with Crippen LogP contribution >= 0.6 is 0 Å². The Labute approximate surface area is 129 Å². The van der Waals surface area contributed by atoms with Gasteiger partial charge in [-0.15, -0.1) is 0 Å². The monoisotopic (exact) mass is 296 g/mol. The predicted molar refractivity (Wildman–Crippen MR) is 85.5 cm³/mol. The van der Waals surface area contributed by atoms with Crippen molar-refractivity contribution in [1.82, 2.24) is 10.2 Å². The van der Waals surface area contributed by atoms with Gasteiger partial charge in [0.15, 0.2) is 0 Å². The summed E-state index contributed by atoms with van der Waals surface area (Å²) in [5.74, 6) is 0.177. The summed E-state index contributed by atoms with van der Waals surface area (Å²) in [5.41, 5.74) is -0.777. The summed E-state index contributed by atoms with van der Waals surface area (Å²) >= 11 is 0. The minimum atomic E-state index is -0.777. The summed E-state index contributed by atoms with van der Waals surface area (Å²) < 4.78 is 0. The Kier molecular flexibility index (Phi) is 5.67. The standard InChI is InChI=1S/C17H32N2O2/c1-4-5-14-8-10-19(11-9-14)13(2)12-17(3,16(20)21)18-15-6-7-15/h13-15,18H,4-12H2,1-3H3,(H,20,21). The number of carboxylic acid groups (broad SMARTS) is 1. The van der Waals surface area contributed by atoms with E-state index in [0.29, 0.717) is 18.5 Å². The summed E-state index contributed by atoms with van der Waals surface area (Å²) in [7, 11) is 0. The van der Waals surface area contributed by atoms with Gasteiger partial charge in [-0.25, -0.2) is 0 Å². The Morgan fingerprint density at radius 2 is 1.95 bits per heavy atom. The second-order valence-corrected chi connectivity index (χ2v) is 7.38. The van der Waals surface area contributed by atoms with E-state index in [1.807, 2.05) is 6.92 Å². The Morgan fingerprint density at radius 3 is 2.43 bits per heavy atom. The van der Waals surface area contributed by atoms with Crippen molar-refractivity contribution in [1.29, 1.82) is 0 Å². The molecule has 21 heavy (non-hydrogen) atoms. The zero-order chi connectivity index (χ0) is 15.5. The van der Waals surface area contributed by atoms with E-state index in [0.717, 1.165) is 31.8 Å². The molecular formula is C17H32N2O2. The molecule has 1 aliphatic carbocycles. The molecule has 1 saturated heterocycles. The van der Waals surface area contributed by atoms with Crippen LogP contribution in [0.3, 0.4) is 0 Å². The molecule has 2 fully saturated rings. The fourth-order valence-electron chi connectivity index (χ4n) is 3.70. The molecule has 1 aliphatic heterocycles. The number of rotatable bonds is 8. The van der Waals surface area contributed by atoms with Crippen molar-refractivity contribution in [3.63, 3.8) is 0 Å². The lowest BCUT2D eigenvalue weighted by atomic mass is 9.88. The lowest BCUT2D eigenvalue weighted by Gasteiger charge is -2.39. The van der Waals surface area contributed by atoms with Gasteiger partial charge in [0.1, 0.15) is 5.54 Å². The molecule has 4 nitrogen and oxygen atoms in total. The van der Waals surface area contributed by atoms with Crippen LogP contribution in [-0.4, -0.2) is 46.7 Å². The Bertz CT molecular complexity index is 349. The first-order valence-electron chi connectivity index (χ1n) is 8.69. The van der Waals surface area contributed by atoms with Crippen LogP contribution in [0.1, 0.15) is 65.7 Å². The van der Waals surface area contributed by atoms with Crippen LogP contribution in [0.2, 0.25) is 0 Å². The van der Waals surface area contributed by atoms with Gasteiger partial charge in [-0.2, -0.15) is 0 Å². The maximum Gasteiger partial charge on any atom is 0.323 e. The lowest BCUT2D eigenvalue weighted by molar-refractivity contribution is -0.145. The molecule has 0 amide bonds. The molecule has 2 atom stereocenters. The van der Waals surface area contributed by atoms with Gasteiger partial charge in [-0.3, -0.25) is 10.1 Å². The molecule has 2 N–H and O–H groups in total. The summed E-state index contributed by atoms with van der Waals surface area (Å²) in [5, 5.41) is 12.9. The summed E-state index contributed by atoms with van der Waals surface area (Å²) in [6.07, 6.45) is 8.12. The van der Waals surface area contributed by atoms with Crippen molar-refractivity contribution >= 4 is 5.97 Å². The van der Waals surface area contributed by atoms with Crippen LogP contribution in [-0.2, 0) is 4.79 Å². The molecule has 1 heterocycles. The van der Waals surface area contributed by atoms with E-state index in [4.69, 9.17) is 0 Å². The zero-order valence-corrected chi connectivity index (χ0v) is 13.9. The molecular weight excluding hydrogens is 264 g/mol. The molecule has 0 spiro atoms. The van der Waals surface area contributed by atoms with Gasteiger partial charge in [0.2, 0.25) is 0 Å². The minimum Gasteiger partial charge on any atom is -0.480 e. The van der Waals surface area contributed by atoms with Crippen LogP contribution in [0.25, 0.3) is 0 Å². The predicted octanol–water partition coefficient (Wildman–Crippen LogP) is 2.87. The largest absolute Gasteiger partial charge is 0.480 e. The third-order valence-electron chi connectivity index (χ3n) is 5.25. The number of nitrogens with zero attached hydrogens (tertiary/aromatic N) is 1. The van der Waals surface area contributed by atoms with Crippen molar-refractivity contribution in [3.8, 4) is 0 Å². The zero-order valence-electron chi connectivity index (χ0n) is 13.9. The van der Waals surface area contributed by atoms with Crippen molar-refractivity contribution in [2.24, 2.45) is 5.92 Å². The second-order valence-electron chi connectivity index (χ2n) is 7.38. The normalized spacial score (nSPS) is 25.5. The molecule has 1 saturated carbocycles. The highest BCUT2D eigenvalue weighted by Crippen LogP contribution is 2.28. The molecule has 2 unspecified atom stereocenters. The number of piperidine rings is 1. The number of hydrogen-bond donors (Lipinski definition) is 2. The summed E-state index contributed by atoms with van der Waals surface area (Å²) in [4.78, 5) is 14.1. The van der Waals surface area contributed by atoms with Gasteiger partial charge in [-0.1, -0.05) is 19.8 Å². The highest BCUT2D eigenvalue weighted by Gasteiger charge is 2.40. The molecule has 0 aromatic rings. The van der Waals surface area contributed by atoms with E-state index in [2.05, 4.69) is 24.1 Å². The topological polar surface area (TPSA) is 52.6 Å². The third kappa shape index (κ3) is 4.68. The summed E-state index contributed by atoms with van der Waals surface area (Å²) in [6.45, 7) is 8.57. The average molecular weight is 296 g/mol. The molecule has 122 valence electrons. The van der Waals surface area contributed by atoms with Crippen LogP contribution in [0.4, 0.5) is 0 Å². The van der Waals surface area contributed by atoms with Crippen LogP contribution in [0, 0.1) is 5.92 Å². The Morgan fingerprint density at radius 1 is 1.33 bits per heavy atom. The fourth-order valence-corrected chi connectivity index (χ4v) is 3.70. The van der Waals surface area contributed by atoms with Crippen LogP contribution in [0.5, 0.6) is 0 Å². The minimum absolute atomic E-state index is 0.333. The SMILES string of the molecule is CCCC1CCN(C(C)CC(C)(NC2CC2)C(=O)O)CC1. The van der Waals surface area contributed by atoms with Crippen molar-refractivity contribution in [3.05, 3.63) is 0 Å². The average Bonchev–Trinajstić information content (AvgIpc) is 3.23. The van der Waals surface area contributed by atoms with E-state index in [1.54, 1.807) is 0 Å². The molecule has 4 heteroatoms. The fraction of sp³-hybridized carbons (Fsp3) is 0.941. The highest BCUT2D eigenvalue weighted by atomic mass is 16.4. The number of aliphatic carboxylic acids is 1. The van der Waals surface area contributed by atoms with Gasteiger partial charge in [-0.05, 0) is 65.0 Å². The van der Waals surface area contributed by atoms with Crippen LogP contribution < -0.4 is 5.32 Å². The second kappa shape index (κ2) is 7.10. The lowest BCUT2D eigenvalue weighted by Crippen LogP contribution is -2.55. The Hall–Kier alpha value is -0.610. The van der Waals surface area contributed by atoms with Gasteiger partial charge < -0.3 is 10.0 Å². The van der Waals surface area contributed by atoms with E-state index >= 15 is 0 Å². The molecule has 0 aromatic heterocycles. The van der Waals surface area contributed by atoms with Gasteiger partial charge >= 0.3 is 5.97 Å². The smallest absolute Gasteiger partial charge is 0.323 e. The number of likely N-dealkylation sites (tertiary alicyclic amines) is 1.